The number of hydrogen-bond acceptors (Lipinski definition) is 4. The van der Waals surface area contributed by atoms with Crippen LogP contribution in [-0.4, -0.2) is 29.4 Å². The lowest BCUT2D eigenvalue weighted by atomic mass is 10.2. The fourth-order valence-corrected chi connectivity index (χ4v) is 3.43. The van der Waals surface area contributed by atoms with E-state index in [2.05, 4.69) is 10.1 Å². The molecule has 0 radical (unpaired) electrons. The summed E-state index contributed by atoms with van der Waals surface area (Å²) in [4.78, 5) is 2.94. The van der Waals surface area contributed by atoms with Gasteiger partial charge in [0.05, 0.1) is 17.1 Å². The Kier molecular flexibility index (Phi) is 4.74. The van der Waals surface area contributed by atoms with E-state index in [1.807, 2.05) is 0 Å². The Labute approximate surface area is 156 Å². The molecule has 28 heavy (non-hydrogen) atoms. The lowest BCUT2D eigenvalue weighted by molar-refractivity contribution is -0.141. The van der Waals surface area contributed by atoms with Crippen LogP contribution in [0.3, 0.4) is 0 Å². The van der Waals surface area contributed by atoms with Crippen molar-refractivity contribution in [1.29, 1.82) is 0 Å². The maximum absolute atomic E-state index is 14.2. The summed E-state index contributed by atoms with van der Waals surface area (Å²) in [5.41, 5.74) is -1.28. The van der Waals surface area contributed by atoms with Crippen molar-refractivity contribution in [3.8, 4) is 17.1 Å². The molecule has 2 heterocycles. The van der Waals surface area contributed by atoms with Gasteiger partial charge in [-0.25, -0.2) is 21.9 Å². The van der Waals surface area contributed by atoms with Crippen molar-refractivity contribution >= 4 is 9.84 Å². The minimum Gasteiger partial charge on any atom is -0.251 e. The van der Waals surface area contributed by atoms with Gasteiger partial charge in [0.25, 0.3) is 0 Å². The lowest BCUT2D eigenvalue weighted by Gasteiger charge is -2.10. The predicted octanol–water partition coefficient (Wildman–Crippen LogP) is 3.94. The van der Waals surface area contributed by atoms with Crippen molar-refractivity contribution in [1.82, 2.24) is 14.8 Å². The number of nitrogens with zero attached hydrogens (tertiary/aromatic N) is 3. The summed E-state index contributed by atoms with van der Waals surface area (Å²) in [6.07, 6.45) is -4.19. The van der Waals surface area contributed by atoms with E-state index >= 15 is 0 Å². The van der Waals surface area contributed by atoms with Crippen molar-refractivity contribution in [3.05, 3.63) is 59.4 Å². The van der Waals surface area contributed by atoms with Crippen LogP contribution in [-0.2, 0) is 16.0 Å². The molecule has 148 valence electrons. The average molecular weight is 417 g/mol. The van der Waals surface area contributed by atoms with E-state index in [1.54, 1.807) is 19.1 Å². The quantitative estimate of drug-likeness (QED) is 0.606. The van der Waals surface area contributed by atoms with Crippen molar-refractivity contribution in [2.24, 2.45) is 0 Å². The summed E-state index contributed by atoms with van der Waals surface area (Å²) < 4.78 is 91.6. The molecular formula is C17H12F5N3O2S. The van der Waals surface area contributed by atoms with Gasteiger partial charge in [0.2, 0.25) is 0 Å². The monoisotopic (exact) mass is 417 g/mol. The predicted molar refractivity (Wildman–Crippen MR) is 89.6 cm³/mol. The standard InChI is InChI=1S/C17H12F5N3O2S/c1-9-4-3-5-13(23-9)14-8-15(17(20,21)22)24-25(14)10-6-11(18)16(12(19)7-10)28(2,26)27/h3-8H,1-2H3. The first kappa shape index (κ1) is 19.9. The molecule has 2 aromatic heterocycles. The van der Waals surface area contributed by atoms with Crippen molar-refractivity contribution in [2.45, 2.75) is 18.0 Å². The van der Waals surface area contributed by atoms with Gasteiger partial charge in [0.15, 0.2) is 15.5 Å². The molecule has 0 fully saturated rings. The third-order valence-electron chi connectivity index (χ3n) is 3.75. The van der Waals surface area contributed by atoms with Crippen LogP contribution < -0.4 is 0 Å². The summed E-state index contributed by atoms with van der Waals surface area (Å²) in [7, 11) is -4.22. The number of aryl methyl sites for hydroxylation is 1. The summed E-state index contributed by atoms with van der Waals surface area (Å²) in [5, 5.41) is 3.40. The van der Waals surface area contributed by atoms with E-state index < -0.39 is 43.9 Å². The summed E-state index contributed by atoms with van der Waals surface area (Å²) >= 11 is 0. The number of pyridine rings is 1. The first-order valence-corrected chi connectivity index (χ1v) is 9.58. The van der Waals surface area contributed by atoms with Crippen LogP contribution in [0.5, 0.6) is 0 Å². The van der Waals surface area contributed by atoms with Crippen LogP contribution in [0.4, 0.5) is 22.0 Å². The number of aromatic nitrogens is 3. The number of hydrogen-bond donors (Lipinski definition) is 0. The molecule has 1 aromatic carbocycles. The third kappa shape index (κ3) is 3.75. The smallest absolute Gasteiger partial charge is 0.251 e. The molecule has 0 saturated heterocycles. The number of halogens is 5. The second-order valence-electron chi connectivity index (χ2n) is 6.00. The van der Waals surface area contributed by atoms with Crippen LogP contribution in [0, 0.1) is 18.6 Å². The highest BCUT2D eigenvalue weighted by atomic mass is 32.2. The molecule has 11 heteroatoms. The highest BCUT2D eigenvalue weighted by Crippen LogP contribution is 2.33. The van der Waals surface area contributed by atoms with Gasteiger partial charge < -0.3 is 0 Å². The Balaban J connectivity index is 2.29. The molecule has 0 unspecified atom stereocenters. The first-order chi connectivity index (χ1) is 12.9. The topological polar surface area (TPSA) is 64.8 Å². The normalized spacial score (nSPS) is 12.4. The van der Waals surface area contributed by atoms with Gasteiger partial charge in [0, 0.05) is 24.1 Å². The molecule has 0 aliphatic heterocycles. The van der Waals surface area contributed by atoms with E-state index in [0.29, 0.717) is 34.8 Å². The molecule has 0 aliphatic rings. The molecule has 5 nitrogen and oxygen atoms in total. The van der Waals surface area contributed by atoms with E-state index in [0.717, 1.165) is 0 Å². The van der Waals surface area contributed by atoms with Gasteiger partial charge in [-0.15, -0.1) is 0 Å². The minimum absolute atomic E-state index is 0.0935. The molecule has 0 spiro atoms. The van der Waals surface area contributed by atoms with Crippen molar-refractivity contribution < 1.29 is 30.4 Å². The maximum atomic E-state index is 14.2. The van der Waals surface area contributed by atoms with Crippen molar-refractivity contribution in [3.63, 3.8) is 0 Å². The molecule has 3 aromatic rings. The molecule has 0 saturated carbocycles. The van der Waals surface area contributed by atoms with Gasteiger partial charge in [0.1, 0.15) is 16.5 Å². The van der Waals surface area contributed by atoms with E-state index in [4.69, 9.17) is 0 Å². The Bertz CT molecular complexity index is 1150. The third-order valence-corrected chi connectivity index (χ3v) is 4.88. The minimum atomic E-state index is -4.81. The molecule has 0 bridgehead atoms. The number of benzene rings is 1. The van der Waals surface area contributed by atoms with Crippen LogP contribution in [0.2, 0.25) is 0 Å². The van der Waals surface area contributed by atoms with Crippen LogP contribution in [0.15, 0.2) is 41.3 Å². The maximum Gasteiger partial charge on any atom is 0.435 e. The molecule has 3 rings (SSSR count). The summed E-state index contributed by atoms with van der Waals surface area (Å²) in [6.45, 7) is 1.62. The lowest BCUT2D eigenvalue weighted by Crippen LogP contribution is -2.10. The van der Waals surface area contributed by atoms with Gasteiger partial charge in [-0.05, 0) is 25.1 Å². The van der Waals surface area contributed by atoms with E-state index in [-0.39, 0.29) is 11.4 Å². The van der Waals surface area contributed by atoms with Crippen LogP contribution in [0.1, 0.15) is 11.4 Å². The first-order valence-electron chi connectivity index (χ1n) is 7.68. The van der Waals surface area contributed by atoms with Crippen LogP contribution >= 0.6 is 0 Å². The zero-order valence-corrected chi connectivity index (χ0v) is 15.2. The van der Waals surface area contributed by atoms with Gasteiger partial charge in [-0.2, -0.15) is 18.3 Å². The Morgan fingerprint density at radius 3 is 2.14 bits per heavy atom. The van der Waals surface area contributed by atoms with E-state index in [9.17, 15) is 30.4 Å². The van der Waals surface area contributed by atoms with Crippen LogP contribution in [0.25, 0.3) is 17.1 Å². The fourth-order valence-electron chi connectivity index (χ4n) is 2.61. The summed E-state index contributed by atoms with van der Waals surface area (Å²) in [5.74, 6) is -2.88. The molecule has 0 atom stereocenters. The Morgan fingerprint density at radius 1 is 1.04 bits per heavy atom. The SMILES string of the molecule is Cc1cccc(-c2cc(C(F)(F)F)nn2-c2cc(F)c(S(C)(=O)=O)c(F)c2)n1. The highest BCUT2D eigenvalue weighted by molar-refractivity contribution is 7.90. The number of sulfone groups is 1. The molecular weight excluding hydrogens is 405 g/mol. The van der Waals surface area contributed by atoms with Gasteiger partial charge in [-0.3, -0.25) is 4.98 Å². The molecule has 0 aliphatic carbocycles. The number of alkyl halides is 3. The molecule has 0 amide bonds. The second kappa shape index (κ2) is 6.66. The van der Waals surface area contributed by atoms with Crippen molar-refractivity contribution in [2.75, 3.05) is 6.26 Å². The Hall–Kier alpha value is -2.82. The highest BCUT2D eigenvalue weighted by Gasteiger charge is 2.36. The molecule has 0 N–H and O–H groups in total. The zero-order chi connectivity index (χ0) is 20.9. The summed E-state index contributed by atoms with van der Waals surface area (Å²) in [6, 6.07) is 6.49. The van der Waals surface area contributed by atoms with Gasteiger partial charge >= 0.3 is 6.18 Å². The van der Waals surface area contributed by atoms with E-state index in [1.165, 1.54) is 6.07 Å². The number of rotatable bonds is 3. The Morgan fingerprint density at radius 2 is 1.64 bits per heavy atom. The van der Waals surface area contributed by atoms with Gasteiger partial charge in [-0.1, -0.05) is 6.07 Å². The fraction of sp³-hybridized carbons (Fsp3) is 0.176. The average Bonchev–Trinajstić information content (AvgIpc) is 2.98. The second-order valence-corrected chi connectivity index (χ2v) is 7.95. The zero-order valence-electron chi connectivity index (χ0n) is 14.4. The largest absolute Gasteiger partial charge is 0.435 e.